The Morgan fingerprint density at radius 2 is 1.81 bits per heavy atom. The molecule has 0 spiro atoms. The van der Waals surface area contributed by atoms with Gasteiger partial charge < -0.3 is 15.2 Å². The first-order chi connectivity index (χ1) is 12.9. The molecular formula is C18H22N4O5. The van der Waals surface area contributed by atoms with Crippen molar-refractivity contribution < 1.29 is 14.6 Å². The van der Waals surface area contributed by atoms with E-state index in [2.05, 4.69) is 10.6 Å². The summed E-state index contributed by atoms with van der Waals surface area (Å²) < 4.78 is 7.91. The fourth-order valence-electron chi connectivity index (χ4n) is 3.27. The van der Waals surface area contributed by atoms with Crippen molar-refractivity contribution in [2.24, 2.45) is 0 Å². The highest BCUT2D eigenvalue weighted by Gasteiger charge is 2.32. The number of carbonyl (C=O) groups excluding carboxylic acids is 1. The molecule has 9 nitrogen and oxygen atoms in total. The first-order valence-corrected chi connectivity index (χ1v) is 8.83. The van der Waals surface area contributed by atoms with Gasteiger partial charge in [0.15, 0.2) is 11.5 Å². The van der Waals surface area contributed by atoms with Crippen LogP contribution in [0.3, 0.4) is 0 Å². The number of carbonyl (C=O) groups is 1. The number of rotatable bonds is 5. The summed E-state index contributed by atoms with van der Waals surface area (Å²) in [6.07, 6.45) is 0. The van der Waals surface area contributed by atoms with E-state index in [1.54, 1.807) is 32.9 Å². The van der Waals surface area contributed by atoms with E-state index in [9.17, 15) is 19.5 Å². The standard InChI is InChI=1S/C18H22N4O5/c1-4-21-15-13(16(24)22(5-2)18(21)26)14(19-17(25)20-15)10-7-8-11(23)12(9-10)27-6-3/h7-9,14,23H,4-6H2,1-3H3,(H2,19,20,25). The van der Waals surface area contributed by atoms with Crippen molar-refractivity contribution in [1.29, 1.82) is 0 Å². The highest BCUT2D eigenvalue weighted by atomic mass is 16.5. The van der Waals surface area contributed by atoms with Crippen LogP contribution in [0.2, 0.25) is 0 Å². The molecule has 1 atom stereocenters. The summed E-state index contributed by atoms with van der Waals surface area (Å²) in [5, 5.41) is 15.2. The van der Waals surface area contributed by atoms with Gasteiger partial charge >= 0.3 is 11.7 Å². The topological polar surface area (TPSA) is 115 Å². The summed E-state index contributed by atoms with van der Waals surface area (Å²) in [6, 6.07) is 3.33. The molecule has 1 aromatic carbocycles. The smallest absolute Gasteiger partial charge is 0.332 e. The van der Waals surface area contributed by atoms with Crippen LogP contribution in [0.4, 0.5) is 10.6 Å². The Morgan fingerprint density at radius 3 is 2.44 bits per heavy atom. The molecular weight excluding hydrogens is 352 g/mol. The monoisotopic (exact) mass is 374 g/mol. The quantitative estimate of drug-likeness (QED) is 0.731. The Kier molecular flexibility index (Phi) is 4.93. The van der Waals surface area contributed by atoms with E-state index < -0.39 is 23.3 Å². The van der Waals surface area contributed by atoms with Crippen molar-refractivity contribution in [1.82, 2.24) is 14.5 Å². The summed E-state index contributed by atoms with van der Waals surface area (Å²) in [7, 11) is 0. The van der Waals surface area contributed by atoms with Crippen LogP contribution in [0.25, 0.3) is 0 Å². The number of phenolic OH excluding ortho intramolecular Hbond substituents is 1. The number of urea groups is 1. The molecule has 2 aromatic rings. The summed E-state index contributed by atoms with van der Waals surface area (Å²) in [6.45, 7) is 6.13. The molecule has 0 bridgehead atoms. The number of hydrogen-bond acceptors (Lipinski definition) is 5. The van der Waals surface area contributed by atoms with E-state index in [0.29, 0.717) is 18.7 Å². The number of benzene rings is 1. The molecule has 0 radical (unpaired) electrons. The highest BCUT2D eigenvalue weighted by molar-refractivity contribution is 5.92. The van der Waals surface area contributed by atoms with E-state index in [1.165, 1.54) is 10.6 Å². The van der Waals surface area contributed by atoms with Gasteiger partial charge in [0.1, 0.15) is 5.82 Å². The van der Waals surface area contributed by atoms with Crippen LogP contribution >= 0.6 is 0 Å². The zero-order chi connectivity index (χ0) is 19.7. The number of fused-ring (bicyclic) bond motifs is 1. The fraction of sp³-hybridized carbons (Fsp3) is 0.389. The van der Waals surface area contributed by atoms with Crippen LogP contribution in [0, 0.1) is 0 Å². The molecule has 2 heterocycles. The summed E-state index contributed by atoms with van der Waals surface area (Å²) in [4.78, 5) is 37.7. The van der Waals surface area contributed by atoms with Crippen LogP contribution in [-0.2, 0) is 13.1 Å². The van der Waals surface area contributed by atoms with E-state index >= 15 is 0 Å². The molecule has 3 rings (SSSR count). The van der Waals surface area contributed by atoms with Gasteiger partial charge in [0.25, 0.3) is 5.56 Å². The minimum atomic E-state index is -0.780. The highest BCUT2D eigenvalue weighted by Crippen LogP contribution is 2.34. The molecule has 0 saturated carbocycles. The Bertz CT molecular complexity index is 1010. The number of hydrogen-bond donors (Lipinski definition) is 3. The predicted octanol–water partition coefficient (Wildman–Crippen LogP) is 1.38. The second-order valence-corrected chi connectivity index (χ2v) is 6.03. The third-order valence-corrected chi connectivity index (χ3v) is 4.51. The van der Waals surface area contributed by atoms with Crippen LogP contribution in [-0.4, -0.2) is 26.9 Å². The lowest BCUT2D eigenvalue weighted by Gasteiger charge is -2.29. The Hall–Kier alpha value is -3.23. The van der Waals surface area contributed by atoms with Gasteiger partial charge in [0.2, 0.25) is 0 Å². The third-order valence-electron chi connectivity index (χ3n) is 4.51. The first-order valence-electron chi connectivity index (χ1n) is 8.83. The third kappa shape index (κ3) is 3.05. The Labute approximate surface area is 155 Å². The van der Waals surface area contributed by atoms with Crippen molar-refractivity contribution in [3.63, 3.8) is 0 Å². The van der Waals surface area contributed by atoms with Gasteiger partial charge in [-0.2, -0.15) is 0 Å². The van der Waals surface area contributed by atoms with E-state index in [-0.39, 0.29) is 29.4 Å². The molecule has 144 valence electrons. The molecule has 9 heteroatoms. The van der Waals surface area contributed by atoms with Crippen molar-refractivity contribution in [2.45, 2.75) is 39.9 Å². The number of nitrogens with zero attached hydrogens (tertiary/aromatic N) is 2. The van der Waals surface area contributed by atoms with Gasteiger partial charge in [-0.15, -0.1) is 0 Å². The van der Waals surface area contributed by atoms with Crippen LogP contribution in [0.1, 0.15) is 37.9 Å². The second kappa shape index (κ2) is 7.18. The summed E-state index contributed by atoms with van der Waals surface area (Å²) in [5.74, 6) is 0.409. The van der Waals surface area contributed by atoms with E-state index in [0.717, 1.165) is 4.57 Å². The molecule has 0 saturated heterocycles. The van der Waals surface area contributed by atoms with Crippen molar-refractivity contribution >= 4 is 11.8 Å². The van der Waals surface area contributed by atoms with Crippen molar-refractivity contribution in [3.05, 3.63) is 50.2 Å². The van der Waals surface area contributed by atoms with Crippen LogP contribution in [0.5, 0.6) is 11.5 Å². The van der Waals surface area contributed by atoms with Gasteiger partial charge in [-0.05, 0) is 38.5 Å². The Morgan fingerprint density at radius 1 is 1.11 bits per heavy atom. The van der Waals surface area contributed by atoms with Gasteiger partial charge in [-0.1, -0.05) is 6.07 Å². The first kappa shape index (κ1) is 18.6. The van der Waals surface area contributed by atoms with Crippen LogP contribution in [0.15, 0.2) is 27.8 Å². The zero-order valence-electron chi connectivity index (χ0n) is 15.4. The lowest BCUT2D eigenvalue weighted by molar-refractivity contribution is 0.248. The molecule has 0 aliphatic carbocycles. The largest absolute Gasteiger partial charge is 0.504 e. The normalized spacial score (nSPS) is 15.7. The minimum absolute atomic E-state index is 0.0365. The summed E-state index contributed by atoms with van der Waals surface area (Å²) >= 11 is 0. The maximum atomic E-state index is 13.0. The maximum Gasteiger partial charge on any atom is 0.332 e. The Balaban J connectivity index is 2.28. The maximum absolute atomic E-state index is 13.0. The average molecular weight is 374 g/mol. The predicted molar refractivity (Wildman–Crippen MR) is 99.6 cm³/mol. The number of aromatic nitrogens is 2. The lowest BCUT2D eigenvalue weighted by Crippen LogP contribution is -2.50. The number of phenols is 1. The van der Waals surface area contributed by atoms with E-state index in [1.807, 2.05) is 0 Å². The van der Waals surface area contributed by atoms with Gasteiger partial charge in [0.05, 0.1) is 18.2 Å². The van der Waals surface area contributed by atoms with Gasteiger partial charge in [0, 0.05) is 13.1 Å². The molecule has 27 heavy (non-hydrogen) atoms. The average Bonchev–Trinajstić information content (AvgIpc) is 2.63. The SMILES string of the molecule is CCOc1cc(C2NC(=O)Nc3c2c(=O)n(CC)c(=O)n3CC)ccc1O. The molecule has 3 N–H and O–H groups in total. The molecule has 1 aliphatic heterocycles. The van der Waals surface area contributed by atoms with Crippen molar-refractivity contribution in [3.8, 4) is 11.5 Å². The zero-order valence-corrected chi connectivity index (χ0v) is 15.4. The van der Waals surface area contributed by atoms with Crippen molar-refractivity contribution in [2.75, 3.05) is 11.9 Å². The minimum Gasteiger partial charge on any atom is -0.504 e. The summed E-state index contributed by atoms with van der Waals surface area (Å²) in [5.41, 5.74) is -0.101. The number of nitrogens with one attached hydrogen (secondary N) is 2. The second-order valence-electron chi connectivity index (χ2n) is 6.03. The van der Waals surface area contributed by atoms with Gasteiger partial charge in [-0.25, -0.2) is 9.59 Å². The number of ether oxygens (including phenoxy) is 1. The number of anilines is 1. The van der Waals surface area contributed by atoms with Crippen LogP contribution < -0.4 is 26.6 Å². The molecule has 0 fully saturated rings. The number of aromatic hydroxyl groups is 1. The lowest BCUT2D eigenvalue weighted by atomic mass is 9.98. The van der Waals surface area contributed by atoms with E-state index in [4.69, 9.17) is 4.74 Å². The van der Waals surface area contributed by atoms with Gasteiger partial charge in [-0.3, -0.25) is 19.2 Å². The molecule has 1 aromatic heterocycles. The molecule has 2 amide bonds. The molecule has 1 aliphatic rings. The fourth-order valence-corrected chi connectivity index (χ4v) is 3.27. The molecule has 1 unspecified atom stereocenters. The number of amides is 2.